The molecule has 1 aromatic heterocycles. The fourth-order valence-corrected chi connectivity index (χ4v) is 4.40. The maximum Gasteiger partial charge on any atom is 0.258 e. The normalized spacial score (nSPS) is 11.9. The van der Waals surface area contributed by atoms with Crippen LogP contribution >= 0.6 is 0 Å². The highest BCUT2D eigenvalue weighted by molar-refractivity contribution is 5.88. The van der Waals surface area contributed by atoms with Crippen molar-refractivity contribution in [3.05, 3.63) is 103 Å². The van der Waals surface area contributed by atoms with Crippen molar-refractivity contribution in [2.24, 2.45) is 0 Å². The predicted molar refractivity (Wildman–Crippen MR) is 142 cm³/mol. The molecular weight excluding hydrogens is 450 g/mol. The zero-order valence-electron chi connectivity index (χ0n) is 20.3. The van der Waals surface area contributed by atoms with Crippen LogP contribution in [0.25, 0.3) is 21.8 Å². The number of nitrogens with zero attached hydrogens (tertiary/aromatic N) is 2. The number of hydrogen-bond donors (Lipinski definition) is 1. The van der Waals surface area contributed by atoms with E-state index in [0.717, 1.165) is 41.0 Å². The van der Waals surface area contributed by atoms with E-state index in [9.17, 15) is 4.79 Å². The number of carbonyl (C=O) groups is 1. The quantitative estimate of drug-likeness (QED) is 0.253. The Morgan fingerprint density at radius 3 is 2.53 bits per heavy atom. The molecule has 0 aliphatic heterocycles. The van der Waals surface area contributed by atoms with E-state index in [2.05, 4.69) is 34.1 Å². The van der Waals surface area contributed by atoms with Gasteiger partial charge in [0.25, 0.3) is 5.91 Å². The van der Waals surface area contributed by atoms with Crippen LogP contribution in [-0.2, 0) is 11.3 Å². The molecule has 1 amide bonds. The smallest absolute Gasteiger partial charge is 0.258 e. The fraction of sp³-hybridized carbons (Fsp3) is 0.200. The Bertz CT molecular complexity index is 1460. The summed E-state index contributed by atoms with van der Waals surface area (Å²) in [5.74, 6) is 2.18. The highest BCUT2D eigenvalue weighted by Crippen LogP contribution is 2.26. The second-order valence-electron chi connectivity index (χ2n) is 8.68. The fourth-order valence-electron chi connectivity index (χ4n) is 4.40. The number of hydrogen-bond acceptors (Lipinski definition) is 4. The van der Waals surface area contributed by atoms with E-state index < -0.39 is 0 Å². The molecule has 0 aliphatic rings. The lowest BCUT2D eigenvalue weighted by Crippen LogP contribution is -2.32. The van der Waals surface area contributed by atoms with Crippen LogP contribution in [0.15, 0.2) is 97.1 Å². The zero-order valence-corrected chi connectivity index (χ0v) is 20.3. The highest BCUT2D eigenvalue weighted by atomic mass is 16.5. The number of benzene rings is 4. The number of aromatic nitrogens is 2. The average Bonchev–Trinajstić information content (AvgIpc) is 3.29. The Labute approximate surface area is 210 Å². The Morgan fingerprint density at radius 2 is 1.64 bits per heavy atom. The number of nitrogens with one attached hydrogen (secondary N) is 1. The molecule has 1 unspecified atom stereocenters. The van der Waals surface area contributed by atoms with Crippen LogP contribution in [0, 0.1) is 0 Å². The third-order valence-corrected chi connectivity index (χ3v) is 6.10. The lowest BCUT2D eigenvalue weighted by molar-refractivity contribution is -0.123. The number of aryl methyl sites for hydroxylation is 1. The molecule has 5 aromatic rings. The van der Waals surface area contributed by atoms with E-state index in [1.165, 1.54) is 5.39 Å². The van der Waals surface area contributed by atoms with Gasteiger partial charge in [0.15, 0.2) is 6.61 Å². The molecule has 0 bridgehead atoms. The monoisotopic (exact) mass is 479 g/mol. The number of amides is 1. The minimum absolute atomic E-state index is 0.0482. The molecule has 182 valence electrons. The van der Waals surface area contributed by atoms with Crippen molar-refractivity contribution in [3.8, 4) is 11.5 Å². The Morgan fingerprint density at radius 1 is 0.889 bits per heavy atom. The lowest BCUT2D eigenvalue weighted by atomic mass is 10.1. The number of ether oxygens (including phenoxy) is 2. The summed E-state index contributed by atoms with van der Waals surface area (Å²) >= 11 is 0. The van der Waals surface area contributed by atoms with Crippen LogP contribution in [0.1, 0.15) is 25.2 Å². The summed E-state index contributed by atoms with van der Waals surface area (Å²) < 4.78 is 13.9. The number of imidazole rings is 1. The Hall–Kier alpha value is -4.32. The first kappa shape index (κ1) is 23.4. The summed E-state index contributed by atoms with van der Waals surface area (Å²) in [4.78, 5) is 17.4. The summed E-state index contributed by atoms with van der Waals surface area (Å²) in [6.07, 6.45) is 0.800. The third-order valence-electron chi connectivity index (χ3n) is 6.10. The molecule has 36 heavy (non-hydrogen) atoms. The summed E-state index contributed by atoms with van der Waals surface area (Å²) in [6, 6.07) is 31.4. The van der Waals surface area contributed by atoms with Gasteiger partial charge >= 0.3 is 0 Å². The van der Waals surface area contributed by atoms with Crippen molar-refractivity contribution >= 4 is 27.7 Å². The standard InChI is InChI=1S/C30H29N3O3/c1-22(31-29(34)21-36-24-13-3-2-4-14-24)30-32-26-16-7-8-17-27(26)33(30)19-10-20-35-28-18-9-12-23-11-5-6-15-25(23)28/h2-9,11-18,22H,10,19-21H2,1H3,(H,31,34). The SMILES string of the molecule is CC(NC(=O)COc1ccccc1)c1nc2ccccc2n1CCCOc1cccc2ccccc12. The molecule has 0 spiro atoms. The van der Waals surface area contributed by atoms with Crippen LogP contribution in [0.3, 0.4) is 0 Å². The van der Waals surface area contributed by atoms with E-state index in [-0.39, 0.29) is 18.6 Å². The second kappa shape index (κ2) is 11.0. The molecule has 0 saturated carbocycles. The van der Waals surface area contributed by atoms with Gasteiger partial charge in [0.1, 0.15) is 17.3 Å². The average molecular weight is 480 g/mol. The summed E-state index contributed by atoms with van der Waals surface area (Å²) in [5.41, 5.74) is 1.95. The van der Waals surface area contributed by atoms with Gasteiger partial charge in [-0.25, -0.2) is 4.98 Å². The van der Waals surface area contributed by atoms with Crippen LogP contribution in [-0.4, -0.2) is 28.7 Å². The molecular formula is C30H29N3O3. The van der Waals surface area contributed by atoms with E-state index in [1.807, 2.05) is 79.7 Å². The van der Waals surface area contributed by atoms with Crippen molar-refractivity contribution in [2.45, 2.75) is 25.9 Å². The molecule has 6 nitrogen and oxygen atoms in total. The van der Waals surface area contributed by atoms with E-state index in [0.29, 0.717) is 12.4 Å². The van der Waals surface area contributed by atoms with E-state index in [1.54, 1.807) is 0 Å². The minimum atomic E-state index is -0.275. The minimum Gasteiger partial charge on any atom is -0.493 e. The molecule has 0 radical (unpaired) electrons. The molecule has 1 atom stereocenters. The van der Waals surface area contributed by atoms with Gasteiger partial charge in [-0.15, -0.1) is 0 Å². The molecule has 5 rings (SSSR count). The number of fused-ring (bicyclic) bond motifs is 2. The van der Waals surface area contributed by atoms with Gasteiger partial charge in [-0.05, 0) is 49.1 Å². The van der Waals surface area contributed by atoms with Gasteiger partial charge in [-0.3, -0.25) is 4.79 Å². The molecule has 1 heterocycles. The first-order valence-electron chi connectivity index (χ1n) is 12.2. The molecule has 0 aliphatic carbocycles. The summed E-state index contributed by atoms with van der Waals surface area (Å²) in [6.45, 7) is 3.20. The molecule has 0 saturated heterocycles. The Kier molecular flexibility index (Phi) is 7.12. The molecule has 0 fully saturated rings. The first-order chi connectivity index (χ1) is 17.7. The van der Waals surface area contributed by atoms with Crippen LogP contribution in [0.4, 0.5) is 0 Å². The number of para-hydroxylation sites is 3. The first-order valence-corrected chi connectivity index (χ1v) is 12.2. The molecule has 6 heteroatoms. The van der Waals surface area contributed by atoms with Gasteiger partial charge in [-0.1, -0.05) is 66.7 Å². The predicted octanol–water partition coefficient (Wildman–Crippen LogP) is 5.91. The van der Waals surface area contributed by atoms with Crippen LogP contribution in [0.5, 0.6) is 11.5 Å². The number of rotatable bonds is 10. The lowest BCUT2D eigenvalue weighted by Gasteiger charge is -2.17. The van der Waals surface area contributed by atoms with Gasteiger partial charge in [0.05, 0.1) is 23.7 Å². The molecule has 1 N–H and O–H groups in total. The molecule has 4 aromatic carbocycles. The summed E-state index contributed by atoms with van der Waals surface area (Å²) in [7, 11) is 0. The maximum absolute atomic E-state index is 12.6. The highest BCUT2D eigenvalue weighted by Gasteiger charge is 2.18. The third kappa shape index (κ3) is 5.33. The van der Waals surface area contributed by atoms with Crippen LogP contribution < -0.4 is 14.8 Å². The summed E-state index contributed by atoms with van der Waals surface area (Å²) in [5, 5.41) is 5.30. The largest absolute Gasteiger partial charge is 0.493 e. The van der Waals surface area contributed by atoms with Gasteiger partial charge in [-0.2, -0.15) is 0 Å². The van der Waals surface area contributed by atoms with E-state index in [4.69, 9.17) is 14.5 Å². The topological polar surface area (TPSA) is 65.4 Å². The van der Waals surface area contributed by atoms with Crippen LogP contribution in [0.2, 0.25) is 0 Å². The van der Waals surface area contributed by atoms with Crippen molar-refractivity contribution in [3.63, 3.8) is 0 Å². The van der Waals surface area contributed by atoms with Crippen molar-refractivity contribution < 1.29 is 14.3 Å². The van der Waals surface area contributed by atoms with Gasteiger partial charge < -0.3 is 19.4 Å². The van der Waals surface area contributed by atoms with Crippen molar-refractivity contribution in [1.29, 1.82) is 0 Å². The van der Waals surface area contributed by atoms with Gasteiger partial charge in [0, 0.05) is 11.9 Å². The van der Waals surface area contributed by atoms with Crippen molar-refractivity contribution in [2.75, 3.05) is 13.2 Å². The number of carbonyl (C=O) groups excluding carboxylic acids is 1. The Balaban J connectivity index is 1.24. The second-order valence-corrected chi connectivity index (χ2v) is 8.68. The van der Waals surface area contributed by atoms with Gasteiger partial charge in [0.2, 0.25) is 0 Å². The zero-order chi connectivity index (χ0) is 24.7. The maximum atomic E-state index is 12.6. The van der Waals surface area contributed by atoms with E-state index >= 15 is 0 Å². The van der Waals surface area contributed by atoms with Crippen molar-refractivity contribution in [1.82, 2.24) is 14.9 Å².